The van der Waals surface area contributed by atoms with Crippen LogP contribution in [0.1, 0.15) is 20.3 Å². The van der Waals surface area contributed by atoms with Crippen molar-refractivity contribution in [3.63, 3.8) is 0 Å². The number of rotatable bonds is 6. The minimum absolute atomic E-state index is 0.0279. The molecule has 0 spiro atoms. The molecule has 2 rings (SSSR count). The number of nitrogens with one attached hydrogen (secondary N) is 2. The molecule has 0 saturated heterocycles. The summed E-state index contributed by atoms with van der Waals surface area (Å²) < 4.78 is 0. The average molecular weight is 289 g/mol. The van der Waals surface area contributed by atoms with Gasteiger partial charge in [0, 0.05) is 41.8 Å². The normalized spacial score (nSPS) is 10.8. The van der Waals surface area contributed by atoms with Crippen molar-refractivity contribution in [3.05, 3.63) is 35.8 Å². The molecule has 0 aliphatic heterocycles. The summed E-state index contributed by atoms with van der Waals surface area (Å²) in [4.78, 5) is 16.0. The summed E-state index contributed by atoms with van der Waals surface area (Å²) in [6, 6.07) is 8.16. The molecule has 4 nitrogen and oxygen atoms in total. The molecule has 2 N–H and O–H groups in total. The lowest BCUT2D eigenvalue weighted by Gasteiger charge is -2.08. The predicted octanol–water partition coefficient (Wildman–Crippen LogP) is 3.14. The SMILES string of the molecule is CC(C)NCCC(=O)Nc1ccc(-c2nccs2)cc1. The number of nitrogens with zero attached hydrogens (tertiary/aromatic N) is 1. The summed E-state index contributed by atoms with van der Waals surface area (Å²) in [5.74, 6) is 0.0279. The second-order valence-corrected chi connectivity index (χ2v) is 5.72. The first-order valence-corrected chi connectivity index (χ1v) is 7.56. The first-order valence-electron chi connectivity index (χ1n) is 6.68. The number of hydrogen-bond acceptors (Lipinski definition) is 4. The Morgan fingerprint density at radius 1 is 1.30 bits per heavy atom. The number of thiazole rings is 1. The van der Waals surface area contributed by atoms with Crippen LogP contribution in [-0.4, -0.2) is 23.5 Å². The first kappa shape index (κ1) is 14.7. The first-order chi connectivity index (χ1) is 9.65. The molecule has 5 heteroatoms. The maximum Gasteiger partial charge on any atom is 0.225 e. The number of aromatic nitrogens is 1. The maximum absolute atomic E-state index is 11.7. The summed E-state index contributed by atoms with van der Waals surface area (Å²) in [7, 11) is 0. The third kappa shape index (κ3) is 4.43. The predicted molar refractivity (Wildman–Crippen MR) is 83.9 cm³/mol. The van der Waals surface area contributed by atoms with E-state index in [-0.39, 0.29) is 5.91 Å². The minimum atomic E-state index is 0.0279. The summed E-state index contributed by atoms with van der Waals surface area (Å²) in [5.41, 5.74) is 1.89. The van der Waals surface area contributed by atoms with Gasteiger partial charge in [0.05, 0.1) is 0 Å². The van der Waals surface area contributed by atoms with Gasteiger partial charge in [-0.25, -0.2) is 4.98 Å². The van der Waals surface area contributed by atoms with Gasteiger partial charge in [0.1, 0.15) is 5.01 Å². The monoisotopic (exact) mass is 289 g/mol. The van der Waals surface area contributed by atoms with Crippen LogP contribution in [0.15, 0.2) is 35.8 Å². The van der Waals surface area contributed by atoms with E-state index in [0.717, 1.165) is 16.3 Å². The van der Waals surface area contributed by atoms with Gasteiger partial charge in [-0.3, -0.25) is 4.79 Å². The second-order valence-electron chi connectivity index (χ2n) is 4.82. The largest absolute Gasteiger partial charge is 0.326 e. The lowest BCUT2D eigenvalue weighted by molar-refractivity contribution is -0.116. The zero-order valence-electron chi connectivity index (χ0n) is 11.7. The summed E-state index contributed by atoms with van der Waals surface area (Å²) >= 11 is 1.60. The molecule has 20 heavy (non-hydrogen) atoms. The van der Waals surface area contributed by atoms with E-state index < -0.39 is 0 Å². The van der Waals surface area contributed by atoms with Crippen LogP contribution in [0.2, 0.25) is 0 Å². The summed E-state index contributed by atoms with van der Waals surface area (Å²) in [6.45, 7) is 4.82. The number of hydrogen-bond donors (Lipinski definition) is 2. The van der Waals surface area contributed by atoms with E-state index in [2.05, 4.69) is 29.5 Å². The fourth-order valence-electron chi connectivity index (χ4n) is 1.76. The van der Waals surface area contributed by atoms with Gasteiger partial charge >= 0.3 is 0 Å². The van der Waals surface area contributed by atoms with Crippen LogP contribution in [0.5, 0.6) is 0 Å². The quantitative estimate of drug-likeness (QED) is 0.859. The van der Waals surface area contributed by atoms with Crippen LogP contribution in [0.25, 0.3) is 10.6 Å². The molecule has 0 saturated carbocycles. The van der Waals surface area contributed by atoms with Gasteiger partial charge in [-0.15, -0.1) is 11.3 Å². The standard InChI is InChI=1S/C15H19N3OS/c1-11(2)16-8-7-14(19)18-13-5-3-12(4-6-13)15-17-9-10-20-15/h3-6,9-11,16H,7-8H2,1-2H3,(H,18,19). The van der Waals surface area contributed by atoms with Crippen LogP contribution in [0.3, 0.4) is 0 Å². The number of amides is 1. The number of benzene rings is 1. The van der Waals surface area contributed by atoms with Gasteiger partial charge in [-0.2, -0.15) is 0 Å². The highest BCUT2D eigenvalue weighted by Crippen LogP contribution is 2.23. The van der Waals surface area contributed by atoms with Gasteiger partial charge in [0.25, 0.3) is 0 Å². The van der Waals surface area contributed by atoms with Crippen molar-refractivity contribution in [2.75, 3.05) is 11.9 Å². The number of carbonyl (C=O) groups excluding carboxylic acids is 1. The molecule has 0 fully saturated rings. The fourth-order valence-corrected chi connectivity index (χ4v) is 2.40. The Kier molecular flexibility index (Phi) is 5.26. The van der Waals surface area contributed by atoms with Gasteiger partial charge in [-0.05, 0) is 24.3 Å². The van der Waals surface area contributed by atoms with E-state index in [1.807, 2.05) is 29.6 Å². The van der Waals surface area contributed by atoms with Crippen molar-refractivity contribution in [1.29, 1.82) is 0 Å². The van der Waals surface area contributed by atoms with Crippen LogP contribution in [0, 0.1) is 0 Å². The zero-order chi connectivity index (χ0) is 14.4. The molecule has 1 aromatic carbocycles. The smallest absolute Gasteiger partial charge is 0.225 e. The van der Waals surface area contributed by atoms with Crippen LogP contribution in [-0.2, 0) is 4.79 Å². The van der Waals surface area contributed by atoms with Crippen molar-refractivity contribution in [3.8, 4) is 10.6 Å². The molecule has 0 aliphatic rings. The van der Waals surface area contributed by atoms with Crippen LogP contribution >= 0.6 is 11.3 Å². The molecule has 0 bridgehead atoms. The molecule has 0 radical (unpaired) electrons. The van der Waals surface area contributed by atoms with E-state index in [4.69, 9.17) is 0 Å². The molecule has 2 aromatic rings. The second kappa shape index (κ2) is 7.17. The molecule has 1 heterocycles. The summed E-state index contributed by atoms with van der Waals surface area (Å²) in [5, 5.41) is 9.06. The molecule has 1 amide bonds. The molecular weight excluding hydrogens is 270 g/mol. The Hall–Kier alpha value is -1.72. The van der Waals surface area contributed by atoms with Crippen molar-refractivity contribution in [1.82, 2.24) is 10.3 Å². The lowest BCUT2D eigenvalue weighted by Crippen LogP contribution is -2.27. The number of anilines is 1. The highest BCUT2D eigenvalue weighted by atomic mass is 32.1. The molecule has 1 aromatic heterocycles. The molecule has 0 atom stereocenters. The van der Waals surface area contributed by atoms with Crippen molar-refractivity contribution < 1.29 is 4.79 Å². The minimum Gasteiger partial charge on any atom is -0.326 e. The molecule has 0 aliphatic carbocycles. The van der Waals surface area contributed by atoms with Crippen molar-refractivity contribution >= 4 is 22.9 Å². The van der Waals surface area contributed by atoms with Crippen LogP contribution in [0.4, 0.5) is 5.69 Å². The van der Waals surface area contributed by atoms with E-state index in [1.165, 1.54) is 0 Å². The summed E-state index contributed by atoms with van der Waals surface area (Å²) in [6.07, 6.45) is 2.27. The van der Waals surface area contributed by atoms with Gasteiger partial charge in [0.15, 0.2) is 0 Å². The molecule has 0 unspecified atom stereocenters. The van der Waals surface area contributed by atoms with Crippen molar-refractivity contribution in [2.24, 2.45) is 0 Å². The Balaban J connectivity index is 1.86. The van der Waals surface area contributed by atoms with Gasteiger partial charge in [0.2, 0.25) is 5.91 Å². The highest BCUT2D eigenvalue weighted by molar-refractivity contribution is 7.13. The third-order valence-corrected chi connectivity index (χ3v) is 3.57. The average Bonchev–Trinajstić information content (AvgIpc) is 2.93. The fraction of sp³-hybridized carbons (Fsp3) is 0.333. The molecular formula is C15H19N3OS. The van der Waals surface area contributed by atoms with Gasteiger partial charge < -0.3 is 10.6 Å². The highest BCUT2D eigenvalue weighted by Gasteiger charge is 2.04. The maximum atomic E-state index is 11.7. The Labute approximate surface area is 123 Å². The Bertz CT molecular complexity index is 535. The molecule has 106 valence electrons. The van der Waals surface area contributed by atoms with E-state index in [1.54, 1.807) is 17.5 Å². The number of carbonyl (C=O) groups is 1. The third-order valence-electron chi connectivity index (χ3n) is 2.75. The van der Waals surface area contributed by atoms with Crippen molar-refractivity contribution in [2.45, 2.75) is 26.3 Å². The van der Waals surface area contributed by atoms with Gasteiger partial charge in [-0.1, -0.05) is 13.8 Å². The topological polar surface area (TPSA) is 54.0 Å². The van der Waals surface area contributed by atoms with E-state index in [9.17, 15) is 4.79 Å². The lowest BCUT2D eigenvalue weighted by atomic mass is 10.2. The van der Waals surface area contributed by atoms with Crippen LogP contribution < -0.4 is 10.6 Å². The van der Waals surface area contributed by atoms with E-state index in [0.29, 0.717) is 19.0 Å². The Morgan fingerprint density at radius 2 is 2.05 bits per heavy atom. The zero-order valence-corrected chi connectivity index (χ0v) is 12.5. The Morgan fingerprint density at radius 3 is 2.65 bits per heavy atom. The van der Waals surface area contributed by atoms with E-state index >= 15 is 0 Å².